The minimum Gasteiger partial charge on any atom is -0.463 e. The molecule has 1 heterocycles. The molecule has 8 heteroatoms. The van der Waals surface area contributed by atoms with Crippen molar-refractivity contribution in [1.29, 1.82) is 0 Å². The predicted octanol–water partition coefficient (Wildman–Crippen LogP) is 5.16. The number of hydrogen-bond acceptors (Lipinski definition) is 8. The average Bonchev–Trinajstić information content (AvgIpc) is 2.87. The topological polar surface area (TPSA) is 80.3 Å². The molecule has 0 radical (unpaired) electrons. The lowest BCUT2D eigenvalue weighted by Crippen LogP contribution is -2.61. The summed E-state index contributed by atoms with van der Waals surface area (Å²) in [4.78, 5) is 24.7. The second-order valence-corrected chi connectivity index (χ2v) is 11.3. The Morgan fingerprint density at radius 2 is 1.41 bits per heavy atom. The van der Waals surface area contributed by atoms with Gasteiger partial charge in [-0.1, -0.05) is 67.6 Å². The van der Waals surface area contributed by atoms with Crippen molar-refractivity contribution in [2.45, 2.75) is 77.7 Å². The molecule has 0 spiro atoms. The predicted molar refractivity (Wildman–Crippen MR) is 143 cm³/mol. The number of carbonyl (C=O) groups excluding carboxylic acids is 2. The number of carbonyl (C=O) groups is 2. The number of esters is 2. The van der Waals surface area contributed by atoms with Gasteiger partial charge in [-0.15, -0.1) is 11.8 Å². The molecule has 0 aromatic heterocycles. The van der Waals surface area contributed by atoms with Crippen LogP contribution in [0.15, 0.2) is 60.7 Å². The molecule has 37 heavy (non-hydrogen) atoms. The van der Waals surface area contributed by atoms with Crippen LogP contribution < -0.4 is 0 Å². The lowest BCUT2D eigenvalue weighted by Gasteiger charge is -2.45. The van der Waals surface area contributed by atoms with Crippen molar-refractivity contribution >= 4 is 23.7 Å². The zero-order valence-electron chi connectivity index (χ0n) is 22.3. The first-order chi connectivity index (χ1) is 17.7. The maximum Gasteiger partial charge on any atom is 0.311 e. The van der Waals surface area contributed by atoms with Crippen molar-refractivity contribution in [3.8, 4) is 0 Å². The van der Waals surface area contributed by atoms with Gasteiger partial charge >= 0.3 is 11.9 Å². The van der Waals surface area contributed by atoms with Gasteiger partial charge in [-0.2, -0.15) is 0 Å². The van der Waals surface area contributed by atoms with Crippen molar-refractivity contribution in [3.05, 3.63) is 71.8 Å². The summed E-state index contributed by atoms with van der Waals surface area (Å²) in [6.45, 7) is 9.40. The summed E-state index contributed by atoms with van der Waals surface area (Å²) in [5.74, 6) is -0.0281. The largest absolute Gasteiger partial charge is 0.463 e. The highest BCUT2D eigenvalue weighted by molar-refractivity contribution is 7.99. The van der Waals surface area contributed by atoms with E-state index in [9.17, 15) is 9.59 Å². The Hall–Kier alpha value is -2.39. The van der Waals surface area contributed by atoms with Gasteiger partial charge in [0.1, 0.15) is 30.4 Å². The fraction of sp³-hybridized carbons (Fsp3) is 0.517. The van der Waals surface area contributed by atoms with E-state index in [-0.39, 0.29) is 12.6 Å². The second-order valence-electron chi connectivity index (χ2n) is 9.94. The van der Waals surface area contributed by atoms with Crippen molar-refractivity contribution < 1.29 is 33.3 Å². The van der Waals surface area contributed by atoms with Gasteiger partial charge in [0.05, 0.1) is 18.6 Å². The molecule has 1 fully saturated rings. The SMILES string of the molecule is CCS[C@@H]1OC(COC(C)=O)[C@@H](OCc2ccccc2)[C@H](OCc2ccccc2)C1OC(=O)C(C)(C)C. The third kappa shape index (κ3) is 8.85. The van der Waals surface area contributed by atoms with E-state index in [1.807, 2.05) is 88.4 Å². The zero-order chi connectivity index (χ0) is 26.8. The molecule has 1 aliphatic heterocycles. The summed E-state index contributed by atoms with van der Waals surface area (Å²) >= 11 is 1.52. The van der Waals surface area contributed by atoms with Gasteiger partial charge in [0.15, 0.2) is 6.10 Å². The van der Waals surface area contributed by atoms with Gasteiger partial charge in [0.2, 0.25) is 0 Å². The van der Waals surface area contributed by atoms with E-state index in [1.54, 1.807) is 0 Å². The molecule has 2 aromatic rings. The second kappa shape index (κ2) is 14.0. The normalized spacial score (nSPS) is 23.9. The van der Waals surface area contributed by atoms with Crippen molar-refractivity contribution in [3.63, 3.8) is 0 Å². The zero-order valence-corrected chi connectivity index (χ0v) is 23.1. The highest BCUT2D eigenvalue weighted by Crippen LogP contribution is 2.36. The highest BCUT2D eigenvalue weighted by atomic mass is 32.2. The number of hydrogen-bond donors (Lipinski definition) is 0. The summed E-state index contributed by atoms with van der Waals surface area (Å²) < 4.78 is 30.7. The third-order valence-electron chi connectivity index (χ3n) is 5.80. The smallest absolute Gasteiger partial charge is 0.311 e. The van der Waals surface area contributed by atoms with Crippen LogP contribution in [0, 0.1) is 5.41 Å². The Morgan fingerprint density at radius 3 is 1.89 bits per heavy atom. The van der Waals surface area contributed by atoms with E-state index in [4.69, 9.17) is 23.7 Å². The molecule has 1 aliphatic rings. The number of ether oxygens (including phenoxy) is 5. The molecule has 5 atom stereocenters. The monoisotopic (exact) mass is 530 g/mol. The molecule has 0 aliphatic carbocycles. The molecule has 0 bridgehead atoms. The van der Waals surface area contributed by atoms with E-state index in [1.165, 1.54) is 18.7 Å². The molecule has 0 N–H and O–H groups in total. The summed E-state index contributed by atoms with van der Waals surface area (Å²) in [5, 5.41) is 0. The number of thioether (sulfide) groups is 1. The van der Waals surface area contributed by atoms with Gasteiger partial charge in [-0.05, 0) is 37.7 Å². The first-order valence-electron chi connectivity index (χ1n) is 12.6. The van der Waals surface area contributed by atoms with E-state index >= 15 is 0 Å². The van der Waals surface area contributed by atoms with Crippen molar-refractivity contribution in [1.82, 2.24) is 0 Å². The molecule has 1 saturated heterocycles. The maximum absolute atomic E-state index is 13.0. The van der Waals surface area contributed by atoms with Crippen molar-refractivity contribution in [2.75, 3.05) is 12.4 Å². The van der Waals surface area contributed by atoms with Gasteiger partial charge in [0, 0.05) is 6.92 Å². The minimum atomic E-state index is -0.727. The fourth-order valence-electron chi connectivity index (χ4n) is 3.86. The Labute approximate surface area is 224 Å². The van der Waals surface area contributed by atoms with E-state index in [0.29, 0.717) is 13.2 Å². The number of benzene rings is 2. The third-order valence-corrected chi connectivity index (χ3v) is 6.84. The molecule has 7 nitrogen and oxygen atoms in total. The Balaban J connectivity index is 1.95. The Kier molecular flexibility index (Phi) is 11.0. The van der Waals surface area contributed by atoms with Gasteiger partial charge in [-0.3, -0.25) is 9.59 Å². The first-order valence-corrected chi connectivity index (χ1v) is 13.7. The summed E-state index contributed by atoms with van der Waals surface area (Å²) in [5.41, 5.74) is 0.728. The van der Waals surface area contributed by atoms with Crippen LogP contribution in [0.3, 0.4) is 0 Å². The van der Waals surface area contributed by atoms with Crippen LogP contribution in [-0.2, 0) is 46.5 Å². The fourth-order valence-corrected chi connectivity index (χ4v) is 4.81. The maximum atomic E-state index is 13.0. The van der Waals surface area contributed by atoms with Crippen LogP contribution in [0.2, 0.25) is 0 Å². The first kappa shape index (κ1) is 29.2. The molecule has 2 unspecified atom stereocenters. The Morgan fingerprint density at radius 1 is 0.865 bits per heavy atom. The summed E-state index contributed by atoms with van der Waals surface area (Å²) in [6.07, 6.45) is -2.65. The molecular formula is C29H38O7S. The van der Waals surface area contributed by atoms with E-state index in [0.717, 1.165) is 16.9 Å². The molecule has 202 valence electrons. The van der Waals surface area contributed by atoms with E-state index < -0.39 is 41.2 Å². The van der Waals surface area contributed by atoms with Gasteiger partial charge in [-0.25, -0.2) is 0 Å². The summed E-state index contributed by atoms with van der Waals surface area (Å²) in [7, 11) is 0. The number of rotatable bonds is 11. The lowest BCUT2D eigenvalue weighted by atomic mass is 9.95. The van der Waals surface area contributed by atoms with Crippen LogP contribution in [0.1, 0.15) is 45.7 Å². The van der Waals surface area contributed by atoms with Crippen LogP contribution in [0.25, 0.3) is 0 Å². The molecule has 2 aromatic carbocycles. The van der Waals surface area contributed by atoms with Crippen LogP contribution >= 0.6 is 11.8 Å². The highest BCUT2D eigenvalue weighted by Gasteiger charge is 2.50. The molecule has 0 amide bonds. The van der Waals surface area contributed by atoms with E-state index in [2.05, 4.69) is 0 Å². The minimum absolute atomic E-state index is 0.000693. The molecule has 0 saturated carbocycles. The Bertz CT molecular complexity index is 977. The molecule has 3 rings (SSSR count). The average molecular weight is 531 g/mol. The van der Waals surface area contributed by atoms with Crippen LogP contribution in [0.5, 0.6) is 0 Å². The standard InChI is InChI=1S/C29H38O7S/c1-6-37-27-26(36-28(31)29(3,4)5)25(34-18-22-15-11-8-12-16-22)24(23(35-27)19-32-20(2)30)33-17-21-13-9-7-10-14-21/h7-16,23-27H,6,17-19H2,1-5H3/t23?,24-,25+,26?,27+/m1/s1. The summed E-state index contributed by atoms with van der Waals surface area (Å²) in [6, 6.07) is 19.6. The molecular weight excluding hydrogens is 492 g/mol. The van der Waals surface area contributed by atoms with Crippen LogP contribution in [0.4, 0.5) is 0 Å². The van der Waals surface area contributed by atoms with Crippen molar-refractivity contribution in [2.24, 2.45) is 5.41 Å². The quantitative estimate of drug-likeness (QED) is 0.369. The lowest BCUT2D eigenvalue weighted by molar-refractivity contribution is -0.250. The van der Waals surface area contributed by atoms with Crippen LogP contribution in [-0.4, -0.2) is 54.2 Å². The van der Waals surface area contributed by atoms with Gasteiger partial charge < -0.3 is 23.7 Å². The van der Waals surface area contributed by atoms with Gasteiger partial charge in [0.25, 0.3) is 0 Å².